The molecule has 0 saturated carbocycles. The topological polar surface area (TPSA) is 76.7 Å². The third-order valence-electron chi connectivity index (χ3n) is 3.20. The van der Waals surface area contributed by atoms with E-state index in [0.717, 1.165) is 0 Å². The van der Waals surface area contributed by atoms with E-state index in [4.69, 9.17) is 9.47 Å². The van der Waals surface area contributed by atoms with Crippen molar-refractivity contribution >= 4 is 26.0 Å². The first-order valence-corrected chi connectivity index (χ1v) is 8.35. The number of ether oxygens (including phenoxy) is 2. The average molecular weight is 365 g/mol. The van der Waals surface area contributed by atoms with Crippen LogP contribution in [0.25, 0.3) is 0 Å². The minimum Gasteiger partial charge on any atom is -0.496 e. The normalized spacial score (nSPS) is 22.9. The summed E-state index contributed by atoms with van der Waals surface area (Å²) >= 11 is 3.28. The fraction of sp³-hybridized carbons (Fsp3) is 0.500. The first kappa shape index (κ1) is 15.7. The Morgan fingerprint density at radius 3 is 2.70 bits per heavy atom. The molecule has 2 N–H and O–H groups in total. The number of benzene rings is 1. The molecule has 0 aromatic heterocycles. The molecule has 6 nitrogen and oxygen atoms in total. The van der Waals surface area contributed by atoms with Crippen molar-refractivity contribution in [2.75, 3.05) is 27.3 Å². The van der Waals surface area contributed by atoms with Crippen LogP contribution in [0.15, 0.2) is 27.6 Å². The van der Waals surface area contributed by atoms with E-state index in [1.165, 1.54) is 19.2 Å². The minimum absolute atomic E-state index is 0.161. The summed E-state index contributed by atoms with van der Waals surface area (Å²) < 4.78 is 38.3. The summed E-state index contributed by atoms with van der Waals surface area (Å²) in [5, 5.41) is 3.10. The Morgan fingerprint density at radius 1 is 1.35 bits per heavy atom. The van der Waals surface area contributed by atoms with Gasteiger partial charge in [-0.3, -0.25) is 0 Å². The highest BCUT2D eigenvalue weighted by atomic mass is 79.9. The second-order valence-corrected chi connectivity index (χ2v) is 7.02. The van der Waals surface area contributed by atoms with Gasteiger partial charge < -0.3 is 14.8 Å². The molecule has 0 radical (unpaired) electrons. The molecule has 0 aliphatic carbocycles. The van der Waals surface area contributed by atoms with Crippen LogP contribution in [0.3, 0.4) is 0 Å². The van der Waals surface area contributed by atoms with Crippen LogP contribution < -0.4 is 14.8 Å². The monoisotopic (exact) mass is 364 g/mol. The summed E-state index contributed by atoms with van der Waals surface area (Å²) in [6.45, 7) is 1.19. The van der Waals surface area contributed by atoms with Gasteiger partial charge >= 0.3 is 0 Å². The Kier molecular flexibility index (Phi) is 5.03. The van der Waals surface area contributed by atoms with Crippen molar-refractivity contribution in [1.82, 2.24) is 10.0 Å². The third kappa shape index (κ3) is 3.32. The predicted molar refractivity (Wildman–Crippen MR) is 78.5 cm³/mol. The van der Waals surface area contributed by atoms with Crippen molar-refractivity contribution in [2.45, 2.75) is 17.0 Å². The fourth-order valence-corrected chi connectivity index (χ4v) is 4.08. The highest BCUT2D eigenvalue weighted by Crippen LogP contribution is 2.27. The number of hydrogen-bond donors (Lipinski definition) is 2. The fourth-order valence-electron chi connectivity index (χ4n) is 2.10. The van der Waals surface area contributed by atoms with E-state index in [0.29, 0.717) is 23.3 Å². The van der Waals surface area contributed by atoms with Crippen molar-refractivity contribution in [1.29, 1.82) is 0 Å². The van der Waals surface area contributed by atoms with Crippen LogP contribution >= 0.6 is 15.9 Å². The summed E-state index contributed by atoms with van der Waals surface area (Å²) in [6.07, 6.45) is -0.161. The molecule has 1 fully saturated rings. The molecule has 1 aliphatic rings. The van der Waals surface area contributed by atoms with Gasteiger partial charge in [-0.05, 0) is 34.1 Å². The molecule has 1 aliphatic heterocycles. The van der Waals surface area contributed by atoms with Gasteiger partial charge in [0.25, 0.3) is 0 Å². The molecule has 8 heteroatoms. The molecule has 1 heterocycles. The van der Waals surface area contributed by atoms with Gasteiger partial charge in [0.2, 0.25) is 10.0 Å². The van der Waals surface area contributed by atoms with E-state index in [9.17, 15) is 8.42 Å². The van der Waals surface area contributed by atoms with E-state index in [-0.39, 0.29) is 17.0 Å². The number of halogens is 1. The first-order valence-electron chi connectivity index (χ1n) is 6.07. The van der Waals surface area contributed by atoms with Crippen LogP contribution in [0.1, 0.15) is 0 Å². The van der Waals surface area contributed by atoms with Gasteiger partial charge in [0.1, 0.15) is 5.75 Å². The van der Waals surface area contributed by atoms with E-state index >= 15 is 0 Å². The van der Waals surface area contributed by atoms with Crippen LogP contribution in [0.2, 0.25) is 0 Å². The second-order valence-electron chi connectivity index (χ2n) is 4.46. The molecule has 1 unspecified atom stereocenters. The molecular formula is C12H17BrN2O4S. The van der Waals surface area contributed by atoms with Gasteiger partial charge in [0.15, 0.2) is 0 Å². The van der Waals surface area contributed by atoms with Crippen molar-refractivity contribution in [3.63, 3.8) is 0 Å². The molecule has 0 spiro atoms. The summed E-state index contributed by atoms with van der Waals surface area (Å²) in [7, 11) is -0.490. The van der Waals surface area contributed by atoms with Crippen LogP contribution in [-0.4, -0.2) is 47.9 Å². The van der Waals surface area contributed by atoms with E-state index in [1.807, 2.05) is 0 Å². The minimum atomic E-state index is -3.59. The standard InChI is InChI=1S/C12H17BrN2O4S/c1-18-11-4-3-8(5-9(11)13)20(16,17)15-10-6-14-7-12(10)19-2/h3-5,10,12,14-15H,6-7H2,1-2H3/t10?,12-/m0/s1. The smallest absolute Gasteiger partial charge is 0.240 e. The Hall–Kier alpha value is -0.670. The lowest BCUT2D eigenvalue weighted by Crippen LogP contribution is -2.43. The lowest BCUT2D eigenvalue weighted by molar-refractivity contribution is 0.103. The second kappa shape index (κ2) is 6.40. The molecular weight excluding hydrogens is 348 g/mol. The Bertz CT molecular complexity index is 579. The van der Waals surface area contributed by atoms with Crippen molar-refractivity contribution < 1.29 is 17.9 Å². The molecule has 2 atom stereocenters. The molecule has 2 rings (SSSR count). The lowest BCUT2D eigenvalue weighted by atomic mass is 10.2. The maximum atomic E-state index is 12.3. The number of nitrogens with one attached hydrogen (secondary N) is 2. The SMILES string of the molecule is COc1ccc(S(=O)(=O)NC2CNC[C@@H]2OC)cc1Br. The largest absolute Gasteiger partial charge is 0.496 e. The van der Waals surface area contributed by atoms with Gasteiger partial charge in [0.05, 0.1) is 28.6 Å². The van der Waals surface area contributed by atoms with Crippen LogP contribution in [0.5, 0.6) is 5.75 Å². The van der Waals surface area contributed by atoms with Crippen molar-refractivity contribution in [3.8, 4) is 5.75 Å². The summed E-state index contributed by atoms with van der Waals surface area (Å²) in [6, 6.07) is 4.37. The molecule has 1 aromatic rings. The molecule has 112 valence electrons. The van der Waals surface area contributed by atoms with Gasteiger partial charge in [-0.1, -0.05) is 0 Å². The Morgan fingerprint density at radius 2 is 2.10 bits per heavy atom. The molecule has 1 saturated heterocycles. The van der Waals surface area contributed by atoms with Crippen LogP contribution in [0, 0.1) is 0 Å². The average Bonchev–Trinajstić information content (AvgIpc) is 2.85. The number of rotatable bonds is 5. The number of sulfonamides is 1. The lowest BCUT2D eigenvalue weighted by Gasteiger charge is -2.18. The zero-order valence-electron chi connectivity index (χ0n) is 11.2. The summed E-state index contributed by atoms with van der Waals surface area (Å²) in [5.74, 6) is 0.584. The van der Waals surface area contributed by atoms with E-state index in [2.05, 4.69) is 26.0 Å². The first-order chi connectivity index (χ1) is 9.47. The van der Waals surface area contributed by atoms with Gasteiger partial charge in [-0.15, -0.1) is 0 Å². The zero-order chi connectivity index (χ0) is 14.8. The molecule has 0 amide bonds. The Balaban J connectivity index is 2.20. The van der Waals surface area contributed by atoms with Crippen LogP contribution in [-0.2, 0) is 14.8 Å². The van der Waals surface area contributed by atoms with E-state index < -0.39 is 10.0 Å². The van der Waals surface area contributed by atoms with Crippen molar-refractivity contribution in [3.05, 3.63) is 22.7 Å². The van der Waals surface area contributed by atoms with Gasteiger partial charge in [-0.2, -0.15) is 0 Å². The highest BCUT2D eigenvalue weighted by molar-refractivity contribution is 9.10. The summed E-state index contributed by atoms with van der Waals surface area (Å²) in [5.41, 5.74) is 0. The van der Waals surface area contributed by atoms with Gasteiger partial charge in [-0.25, -0.2) is 13.1 Å². The maximum absolute atomic E-state index is 12.3. The highest BCUT2D eigenvalue weighted by Gasteiger charge is 2.31. The third-order valence-corrected chi connectivity index (χ3v) is 5.31. The summed E-state index contributed by atoms with van der Waals surface area (Å²) in [4.78, 5) is 0.187. The zero-order valence-corrected chi connectivity index (χ0v) is 13.6. The number of hydrogen-bond acceptors (Lipinski definition) is 5. The molecule has 1 aromatic carbocycles. The van der Waals surface area contributed by atoms with E-state index in [1.54, 1.807) is 13.2 Å². The predicted octanol–water partition coefficient (Wildman–Crippen LogP) is 0.723. The Labute approximate surface area is 127 Å². The van der Waals surface area contributed by atoms with Crippen molar-refractivity contribution in [2.24, 2.45) is 0 Å². The quantitative estimate of drug-likeness (QED) is 0.804. The van der Waals surface area contributed by atoms with Gasteiger partial charge in [0, 0.05) is 20.2 Å². The molecule has 0 bridgehead atoms. The molecule has 20 heavy (non-hydrogen) atoms. The maximum Gasteiger partial charge on any atom is 0.240 e. The number of methoxy groups -OCH3 is 2. The van der Waals surface area contributed by atoms with Crippen LogP contribution in [0.4, 0.5) is 0 Å².